The molecule has 3 fully saturated rings. The summed E-state index contributed by atoms with van der Waals surface area (Å²) in [7, 11) is -3.81. The van der Waals surface area contributed by atoms with Crippen LogP contribution in [0.5, 0.6) is 0 Å². The molecule has 1 aliphatic heterocycles. The molecule has 8 heteroatoms. The van der Waals surface area contributed by atoms with Crippen molar-refractivity contribution in [3.05, 3.63) is 12.2 Å². The highest BCUT2D eigenvalue weighted by atomic mass is 32.2. The highest BCUT2D eigenvalue weighted by Crippen LogP contribution is 2.72. The molecule has 1 N–H and O–H groups in total. The van der Waals surface area contributed by atoms with Gasteiger partial charge >= 0.3 is 5.97 Å². The van der Waals surface area contributed by atoms with Crippen molar-refractivity contribution in [3.8, 4) is 0 Å². The Balaban J connectivity index is 1.84. The summed E-state index contributed by atoms with van der Waals surface area (Å²) in [6.07, 6.45) is -0.780. The lowest BCUT2D eigenvalue weighted by Gasteiger charge is -2.42. The van der Waals surface area contributed by atoms with Gasteiger partial charge in [0, 0.05) is 16.9 Å². The molecule has 140 valence electrons. The predicted octanol–water partition coefficient (Wildman–Crippen LogP) is 1.000. The third kappa shape index (κ3) is 2.23. The van der Waals surface area contributed by atoms with Crippen LogP contribution in [0.3, 0.4) is 0 Å². The van der Waals surface area contributed by atoms with Crippen molar-refractivity contribution in [3.63, 3.8) is 0 Å². The minimum atomic E-state index is -3.81. The van der Waals surface area contributed by atoms with Gasteiger partial charge in [-0.1, -0.05) is 27.4 Å². The number of hydrogen-bond donors (Lipinski definition) is 1. The van der Waals surface area contributed by atoms with Crippen LogP contribution in [0.4, 0.5) is 0 Å². The first-order valence-corrected chi connectivity index (χ1v) is 9.92. The zero-order chi connectivity index (χ0) is 18.9. The van der Waals surface area contributed by atoms with E-state index < -0.39 is 44.4 Å². The Hall–Kier alpha value is -1.41. The van der Waals surface area contributed by atoms with Crippen LogP contribution in [0.25, 0.3) is 0 Å². The highest BCUT2D eigenvalue weighted by Gasteiger charge is 2.81. The maximum Gasteiger partial charge on any atom is 0.325 e. The second-order valence-electron chi connectivity index (χ2n) is 8.00. The Morgan fingerprint density at radius 3 is 2.44 bits per heavy atom. The van der Waals surface area contributed by atoms with Gasteiger partial charge in [0.15, 0.2) is 0 Å². The lowest BCUT2D eigenvalue weighted by Crippen LogP contribution is -2.52. The zero-order valence-corrected chi connectivity index (χ0v) is 16.0. The van der Waals surface area contributed by atoms with Gasteiger partial charge in [-0.2, -0.15) is 8.42 Å². The number of hydrogen-bond acceptors (Lipinski definition) is 6. The summed E-state index contributed by atoms with van der Waals surface area (Å²) in [5.41, 5.74) is -0.972. The smallest absolute Gasteiger partial charge is 0.325 e. The van der Waals surface area contributed by atoms with Crippen LogP contribution in [0.2, 0.25) is 0 Å². The minimum Gasteiger partial charge on any atom is -0.459 e. The van der Waals surface area contributed by atoms with E-state index in [0.717, 1.165) is 0 Å². The van der Waals surface area contributed by atoms with E-state index in [2.05, 4.69) is 11.9 Å². The van der Waals surface area contributed by atoms with Crippen molar-refractivity contribution in [2.45, 2.75) is 51.6 Å². The van der Waals surface area contributed by atoms with Crippen molar-refractivity contribution >= 4 is 22.0 Å². The summed E-state index contributed by atoms with van der Waals surface area (Å²) in [6.45, 7) is 12.5. The fourth-order valence-corrected chi connectivity index (χ4v) is 7.67. The molecule has 0 spiro atoms. The van der Waals surface area contributed by atoms with E-state index >= 15 is 0 Å². The first-order chi connectivity index (χ1) is 11.4. The summed E-state index contributed by atoms with van der Waals surface area (Å²) in [4.78, 5) is 23.7. The van der Waals surface area contributed by atoms with Crippen molar-refractivity contribution < 1.29 is 26.9 Å². The predicted molar refractivity (Wildman–Crippen MR) is 89.8 cm³/mol. The number of nitrogens with one attached hydrogen (secondary N) is 1. The van der Waals surface area contributed by atoms with Gasteiger partial charge < -0.3 is 10.1 Å². The third-order valence-electron chi connectivity index (χ3n) is 6.91. The quantitative estimate of drug-likeness (QED) is 0.450. The molecule has 3 aliphatic rings. The summed E-state index contributed by atoms with van der Waals surface area (Å²) < 4.78 is 36.2. The van der Waals surface area contributed by atoms with Crippen molar-refractivity contribution in [1.82, 2.24) is 5.32 Å². The first-order valence-electron chi connectivity index (χ1n) is 8.45. The van der Waals surface area contributed by atoms with E-state index in [9.17, 15) is 18.0 Å². The number of carbonyl (C=O) groups is 2. The molecule has 0 aromatic carbocycles. The molecule has 7 atom stereocenters. The maximum atomic E-state index is 12.6. The fraction of sp³-hybridized carbons (Fsp3) is 0.765. The van der Waals surface area contributed by atoms with Crippen LogP contribution >= 0.6 is 0 Å². The van der Waals surface area contributed by atoms with Crippen LogP contribution in [0.15, 0.2) is 12.2 Å². The van der Waals surface area contributed by atoms with Crippen LogP contribution < -0.4 is 5.32 Å². The largest absolute Gasteiger partial charge is 0.459 e. The van der Waals surface area contributed by atoms with Crippen molar-refractivity contribution in [2.24, 2.45) is 23.2 Å². The zero-order valence-electron chi connectivity index (χ0n) is 15.2. The van der Waals surface area contributed by atoms with Gasteiger partial charge in [-0.3, -0.25) is 13.8 Å². The topological polar surface area (TPSA) is 98.8 Å². The molecule has 0 aromatic heterocycles. The number of ether oxygens (including phenoxy) is 1. The number of rotatable bonds is 4. The molecule has 1 heterocycles. The summed E-state index contributed by atoms with van der Waals surface area (Å²) in [5, 5.41) is 1.56. The van der Waals surface area contributed by atoms with Crippen LogP contribution in [0.1, 0.15) is 34.6 Å². The number of amides is 1. The second kappa shape index (κ2) is 5.30. The Morgan fingerprint density at radius 1 is 1.28 bits per heavy atom. The first kappa shape index (κ1) is 18.4. The molecule has 1 amide bonds. The lowest BCUT2D eigenvalue weighted by molar-refractivity contribution is -0.159. The molecular weight excluding hydrogens is 346 g/mol. The van der Waals surface area contributed by atoms with Gasteiger partial charge in [0.25, 0.3) is 10.1 Å². The second-order valence-corrected chi connectivity index (χ2v) is 9.70. The highest BCUT2D eigenvalue weighted by molar-refractivity contribution is 7.87. The van der Waals surface area contributed by atoms with Gasteiger partial charge in [-0.15, -0.1) is 0 Å². The van der Waals surface area contributed by atoms with Gasteiger partial charge in [0.1, 0.15) is 17.9 Å². The molecule has 0 aromatic rings. The Bertz CT molecular complexity index is 761. The average molecular weight is 371 g/mol. The summed E-state index contributed by atoms with van der Waals surface area (Å²) in [5.74, 6) is -1.35. The van der Waals surface area contributed by atoms with E-state index in [1.54, 1.807) is 0 Å². The van der Waals surface area contributed by atoms with Crippen molar-refractivity contribution in [2.75, 3.05) is 6.54 Å². The van der Waals surface area contributed by atoms with Crippen LogP contribution in [0, 0.1) is 23.2 Å². The van der Waals surface area contributed by atoms with E-state index in [0.29, 0.717) is 0 Å². The Morgan fingerprint density at radius 2 is 1.88 bits per heavy atom. The van der Waals surface area contributed by atoms with Crippen LogP contribution in [-0.2, 0) is 28.6 Å². The van der Waals surface area contributed by atoms with E-state index in [1.807, 2.05) is 27.7 Å². The van der Waals surface area contributed by atoms with Gasteiger partial charge in [-0.05, 0) is 25.7 Å². The van der Waals surface area contributed by atoms with E-state index in [1.165, 1.54) is 6.92 Å². The minimum absolute atomic E-state index is 0.0394. The molecule has 2 saturated carbocycles. The Labute approximate surface area is 148 Å². The van der Waals surface area contributed by atoms with Gasteiger partial charge in [-0.25, -0.2) is 0 Å². The van der Waals surface area contributed by atoms with Gasteiger partial charge in [0.2, 0.25) is 5.91 Å². The van der Waals surface area contributed by atoms with E-state index in [-0.39, 0.29) is 29.9 Å². The molecule has 25 heavy (non-hydrogen) atoms. The fourth-order valence-electron chi connectivity index (χ4n) is 5.29. The molecule has 1 saturated heterocycles. The summed E-state index contributed by atoms with van der Waals surface area (Å²) >= 11 is 0. The third-order valence-corrected chi connectivity index (χ3v) is 8.71. The molecule has 0 radical (unpaired) electrons. The maximum absolute atomic E-state index is 12.6. The normalized spacial score (nSPS) is 46.0. The molecule has 2 aliphatic carbocycles. The SMILES string of the molecule is C=C(C)C(=O)NCC(=O)OC1C2C3C(C)C1(C)C(C)C3(C)OS2(=O)=O. The molecule has 7 nitrogen and oxygen atoms in total. The molecule has 7 unspecified atom stereocenters. The number of fused-ring (bicyclic) bond motifs is 1. The average Bonchev–Trinajstić information content (AvgIpc) is 2.90. The standard InChI is InChI=1S/C17H25NO6S/c1-8(2)15(20)18-7-11(19)23-14-13-12-9(3)16(14,5)10(4)17(12,6)24-25(13,21)22/h9-10,12-14H,1,7H2,2-6H3,(H,18,20). The lowest BCUT2D eigenvalue weighted by atomic mass is 9.68. The number of carbonyl (C=O) groups excluding carboxylic acids is 2. The molecular formula is C17H25NO6S. The monoisotopic (exact) mass is 371 g/mol. The van der Waals surface area contributed by atoms with Gasteiger partial charge in [0.05, 0.1) is 5.60 Å². The van der Waals surface area contributed by atoms with Crippen molar-refractivity contribution in [1.29, 1.82) is 0 Å². The van der Waals surface area contributed by atoms with Crippen LogP contribution in [-0.4, -0.2) is 43.8 Å². The number of esters is 1. The van der Waals surface area contributed by atoms with E-state index in [4.69, 9.17) is 8.92 Å². The summed E-state index contributed by atoms with van der Waals surface area (Å²) in [6, 6.07) is 0. The Kier molecular flexibility index (Phi) is 3.89. The molecule has 3 rings (SSSR count). The molecule has 2 bridgehead atoms.